The van der Waals surface area contributed by atoms with E-state index in [1.165, 1.54) is 11.8 Å². The number of para-hydroxylation sites is 1. The van der Waals surface area contributed by atoms with Gasteiger partial charge in [-0.2, -0.15) is 0 Å². The smallest absolute Gasteiger partial charge is 0.254 e. The lowest BCUT2D eigenvalue weighted by Gasteiger charge is -2.30. The number of carbonyl (C=O) groups excluding carboxylic acids is 1. The number of pyridine rings is 1. The summed E-state index contributed by atoms with van der Waals surface area (Å²) in [6, 6.07) is 9.38. The molecule has 0 saturated heterocycles. The van der Waals surface area contributed by atoms with Crippen molar-refractivity contribution in [3.8, 4) is 17.2 Å². The topological polar surface area (TPSA) is 69.7 Å². The second-order valence-corrected chi connectivity index (χ2v) is 7.41. The molecule has 1 aromatic carbocycles. The third-order valence-electron chi connectivity index (χ3n) is 4.88. The van der Waals surface area contributed by atoms with Gasteiger partial charge in [0.1, 0.15) is 5.03 Å². The summed E-state index contributed by atoms with van der Waals surface area (Å²) < 4.78 is 16.9. The Morgan fingerprint density at radius 3 is 2.50 bits per heavy atom. The quantitative estimate of drug-likeness (QED) is 0.708. The molecule has 1 fully saturated rings. The van der Waals surface area contributed by atoms with Gasteiger partial charge in [-0.1, -0.05) is 6.07 Å². The Bertz CT molecular complexity index is 807. The molecule has 0 atom stereocenters. The number of aromatic nitrogens is 1. The third-order valence-corrected chi connectivity index (χ3v) is 5.59. The number of amides is 1. The van der Waals surface area contributed by atoms with Gasteiger partial charge >= 0.3 is 0 Å². The van der Waals surface area contributed by atoms with E-state index in [1.807, 2.05) is 30.5 Å². The van der Waals surface area contributed by atoms with Crippen LogP contribution in [0, 0.1) is 0 Å². The standard InChI is InChI=1S/C21H26N2O4S/c1-25-17-7-4-8-18(19(17)26-2)27-15-11-9-14(10-12-15)23-20(24)16-6-5-13-22-21(16)28-3/h4-8,13-15H,9-12H2,1-3H3,(H,23,24). The lowest BCUT2D eigenvalue weighted by Crippen LogP contribution is -2.40. The van der Waals surface area contributed by atoms with E-state index in [4.69, 9.17) is 14.2 Å². The summed E-state index contributed by atoms with van der Waals surface area (Å²) in [5.74, 6) is 1.90. The Morgan fingerprint density at radius 1 is 1.07 bits per heavy atom. The maximum absolute atomic E-state index is 12.6. The average molecular weight is 403 g/mol. The van der Waals surface area contributed by atoms with Gasteiger partial charge in [-0.3, -0.25) is 4.79 Å². The van der Waals surface area contributed by atoms with Crippen LogP contribution in [-0.2, 0) is 0 Å². The van der Waals surface area contributed by atoms with Crippen LogP contribution in [0.1, 0.15) is 36.0 Å². The number of methoxy groups -OCH3 is 2. The maximum Gasteiger partial charge on any atom is 0.254 e. The van der Waals surface area contributed by atoms with Gasteiger partial charge < -0.3 is 19.5 Å². The van der Waals surface area contributed by atoms with Gasteiger partial charge in [-0.15, -0.1) is 11.8 Å². The number of ether oxygens (including phenoxy) is 3. The van der Waals surface area contributed by atoms with Crippen molar-refractivity contribution < 1.29 is 19.0 Å². The van der Waals surface area contributed by atoms with E-state index in [0.29, 0.717) is 22.8 Å². The Hall–Kier alpha value is -2.41. The molecule has 150 valence electrons. The zero-order chi connectivity index (χ0) is 19.9. The normalized spacial score (nSPS) is 19.0. The van der Waals surface area contributed by atoms with Gasteiger partial charge in [0.25, 0.3) is 5.91 Å². The molecule has 1 amide bonds. The van der Waals surface area contributed by atoms with E-state index >= 15 is 0 Å². The predicted octanol–water partition coefficient (Wildman–Crippen LogP) is 3.94. The van der Waals surface area contributed by atoms with Crippen LogP contribution in [0.2, 0.25) is 0 Å². The molecule has 0 bridgehead atoms. The summed E-state index contributed by atoms with van der Waals surface area (Å²) >= 11 is 1.48. The zero-order valence-electron chi connectivity index (χ0n) is 16.4. The SMILES string of the molecule is COc1cccc(OC2CCC(NC(=O)c3cccnc3SC)CC2)c1OC. The van der Waals surface area contributed by atoms with Gasteiger partial charge in [-0.25, -0.2) is 4.98 Å². The highest BCUT2D eigenvalue weighted by Gasteiger charge is 2.26. The number of thioether (sulfide) groups is 1. The number of nitrogens with one attached hydrogen (secondary N) is 1. The van der Waals surface area contributed by atoms with Crippen LogP contribution in [0.15, 0.2) is 41.6 Å². The molecular formula is C21H26N2O4S. The second kappa shape index (κ2) is 9.68. The van der Waals surface area contributed by atoms with Crippen LogP contribution >= 0.6 is 11.8 Å². The van der Waals surface area contributed by atoms with Gasteiger partial charge in [0.05, 0.1) is 25.9 Å². The molecule has 1 aliphatic carbocycles. The van der Waals surface area contributed by atoms with Gasteiger partial charge in [0, 0.05) is 12.2 Å². The maximum atomic E-state index is 12.6. The minimum Gasteiger partial charge on any atom is -0.493 e. The number of benzene rings is 1. The molecule has 1 heterocycles. The van der Waals surface area contributed by atoms with Crippen LogP contribution in [0.5, 0.6) is 17.2 Å². The van der Waals surface area contributed by atoms with E-state index in [2.05, 4.69) is 10.3 Å². The molecule has 2 aromatic rings. The van der Waals surface area contributed by atoms with Gasteiger partial charge in [-0.05, 0) is 56.2 Å². The summed E-state index contributed by atoms with van der Waals surface area (Å²) in [6.45, 7) is 0. The van der Waals surface area contributed by atoms with Gasteiger partial charge in [0.2, 0.25) is 5.75 Å². The molecule has 0 radical (unpaired) electrons. The summed E-state index contributed by atoms with van der Waals surface area (Å²) in [5, 5.41) is 3.89. The van der Waals surface area contributed by atoms with Crippen molar-refractivity contribution in [2.75, 3.05) is 20.5 Å². The molecule has 1 aliphatic rings. The number of hydrogen-bond acceptors (Lipinski definition) is 6. The molecule has 0 aliphatic heterocycles. The number of carbonyl (C=O) groups is 1. The second-order valence-electron chi connectivity index (χ2n) is 6.62. The first-order valence-electron chi connectivity index (χ1n) is 9.33. The summed E-state index contributed by atoms with van der Waals surface area (Å²) in [7, 11) is 3.22. The minimum atomic E-state index is -0.0590. The highest BCUT2D eigenvalue weighted by molar-refractivity contribution is 7.98. The van der Waals surface area contributed by atoms with Crippen molar-refractivity contribution in [1.29, 1.82) is 0 Å². The fourth-order valence-electron chi connectivity index (χ4n) is 3.44. The molecule has 7 heteroatoms. The van der Waals surface area contributed by atoms with Crippen molar-refractivity contribution in [2.24, 2.45) is 0 Å². The van der Waals surface area contributed by atoms with Crippen molar-refractivity contribution in [3.63, 3.8) is 0 Å². The molecule has 0 unspecified atom stereocenters. The Labute approximate surface area is 170 Å². The Balaban J connectivity index is 1.56. The van der Waals surface area contributed by atoms with Crippen LogP contribution < -0.4 is 19.5 Å². The monoisotopic (exact) mass is 402 g/mol. The molecule has 1 aromatic heterocycles. The first-order chi connectivity index (χ1) is 13.7. The molecular weight excluding hydrogens is 376 g/mol. The fraction of sp³-hybridized carbons (Fsp3) is 0.429. The van der Waals surface area contributed by atoms with Crippen molar-refractivity contribution in [1.82, 2.24) is 10.3 Å². The van der Waals surface area contributed by atoms with Gasteiger partial charge in [0.15, 0.2) is 11.5 Å². The van der Waals surface area contributed by atoms with E-state index in [9.17, 15) is 4.79 Å². The van der Waals surface area contributed by atoms with Crippen LogP contribution in [0.3, 0.4) is 0 Å². The van der Waals surface area contributed by atoms with Crippen LogP contribution in [0.25, 0.3) is 0 Å². The van der Waals surface area contributed by atoms with Crippen molar-refractivity contribution in [3.05, 3.63) is 42.1 Å². The van der Waals surface area contributed by atoms with Crippen molar-refractivity contribution >= 4 is 17.7 Å². The minimum absolute atomic E-state index is 0.0590. The molecule has 1 saturated carbocycles. The highest BCUT2D eigenvalue weighted by atomic mass is 32.2. The molecule has 1 N–H and O–H groups in total. The number of hydrogen-bond donors (Lipinski definition) is 1. The fourth-order valence-corrected chi connectivity index (χ4v) is 3.99. The van der Waals surface area contributed by atoms with Crippen molar-refractivity contribution in [2.45, 2.75) is 42.9 Å². The summed E-state index contributed by atoms with van der Waals surface area (Å²) in [4.78, 5) is 16.9. The first kappa shape index (κ1) is 20.3. The summed E-state index contributed by atoms with van der Waals surface area (Å²) in [5.41, 5.74) is 0.634. The van der Waals surface area contributed by atoms with E-state index in [1.54, 1.807) is 26.5 Å². The highest BCUT2D eigenvalue weighted by Crippen LogP contribution is 2.38. The number of nitrogens with zero attached hydrogens (tertiary/aromatic N) is 1. The lowest BCUT2D eigenvalue weighted by atomic mass is 9.92. The first-order valence-corrected chi connectivity index (χ1v) is 10.6. The zero-order valence-corrected chi connectivity index (χ0v) is 17.3. The lowest BCUT2D eigenvalue weighted by molar-refractivity contribution is 0.0887. The van der Waals surface area contributed by atoms with Crippen LogP contribution in [0.4, 0.5) is 0 Å². The number of rotatable bonds is 7. The Kier molecular flexibility index (Phi) is 7.03. The average Bonchev–Trinajstić information content (AvgIpc) is 2.74. The molecule has 3 rings (SSSR count). The van der Waals surface area contributed by atoms with Crippen LogP contribution in [-0.4, -0.2) is 43.5 Å². The third kappa shape index (κ3) is 4.70. The predicted molar refractivity (Wildman–Crippen MR) is 110 cm³/mol. The molecule has 6 nitrogen and oxygen atoms in total. The van der Waals surface area contributed by atoms with E-state index in [-0.39, 0.29) is 18.1 Å². The van der Waals surface area contributed by atoms with E-state index < -0.39 is 0 Å². The largest absolute Gasteiger partial charge is 0.493 e. The molecule has 28 heavy (non-hydrogen) atoms. The van der Waals surface area contributed by atoms with E-state index in [0.717, 1.165) is 30.7 Å². The summed E-state index contributed by atoms with van der Waals surface area (Å²) in [6.07, 6.45) is 7.21. The Morgan fingerprint density at radius 2 is 1.82 bits per heavy atom. The molecule has 0 spiro atoms.